The molecule has 0 unspecified atom stereocenters. The fourth-order valence-corrected chi connectivity index (χ4v) is 6.66. The summed E-state index contributed by atoms with van der Waals surface area (Å²) in [5, 5.41) is 3.69. The van der Waals surface area contributed by atoms with Crippen LogP contribution in [0.1, 0.15) is 15.4 Å². The summed E-state index contributed by atoms with van der Waals surface area (Å²) >= 11 is 6.11. The third kappa shape index (κ3) is 2.77. The molecule has 0 saturated heterocycles. The summed E-state index contributed by atoms with van der Waals surface area (Å²) in [7, 11) is -3.56. The number of nitrogens with one attached hydrogen (secondary N) is 2. The molecular formula is C11H12BrN3O2S3. The van der Waals surface area contributed by atoms with Gasteiger partial charge in [-0.05, 0) is 28.9 Å². The van der Waals surface area contributed by atoms with Crippen LogP contribution in [0.2, 0.25) is 0 Å². The highest BCUT2D eigenvalue weighted by atomic mass is 79.9. The van der Waals surface area contributed by atoms with Gasteiger partial charge in [-0.25, -0.2) is 13.4 Å². The highest BCUT2D eigenvalue weighted by Crippen LogP contribution is 2.32. The van der Waals surface area contributed by atoms with Crippen LogP contribution >= 0.6 is 38.6 Å². The first-order valence-electron chi connectivity index (χ1n) is 5.94. The van der Waals surface area contributed by atoms with Crippen LogP contribution in [0.15, 0.2) is 14.7 Å². The van der Waals surface area contributed by atoms with Gasteiger partial charge in [0, 0.05) is 29.3 Å². The SMILES string of the molecule is Cc1sc(Br)cc1S(=O)(=O)Nc1nc2c(s1)CNCC2. The molecule has 0 spiro atoms. The van der Waals surface area contributed by atoms with E-state index in [0.717, 1.165) is 38.7 Å². The van der Waals surface area contributed by atoms with Gasteiger partial charge in [-0.2, -0.15) is 0 Å². The van der Waals surface area contributed by atoms with Crippen molar-refractivity contribution in [1.29, 1.82) is 0 Å². The van der Waals surface area contributed by atoms with E-state index >= 15 is 0 Å². The quantitative estimate of drug-likeness (QED) is 0.840. The van der Waals surface area contributed by atoms with Crippen molar-refractivity contribution in [2.45, 2.75) is 24.8 Å². The number of fused-ring (bicyclic) bond motifs is 1. The second-order valence-corrected chi connectivity index (χ2v) is 9.76. The average molecular weight is 394 g/mol. The Hall–Kier alpha value is -0.480. The lowest BCUT2D eigenvalue weighted by molar-refractivity contribution is 0.601. The van der Waals surface area contributed by atoms with Gasteiger partial charge in [-0.15, -0.1) is 11.3 Å². The van der Waals surface area contributed by atoms with Crippen molar-refractivity contribution in [3.63, 3.8) is 0 Å². The normalized spacial score (nSPS) is 15.1. The van der Waals surface area contributed by atoms with Gasteiger partial charge in [0.2, 0.25) is 0 Å². The third-order valence-corrected chi connectivity index (χ3v) is 7.25. The first kappa shape index (κ1) is 14.5. The minimum atomic E-state index is -3.56. The number of halogens is 1. The Kier molecular flexibility index (Phi) is 3.89. The molecule has 2 aromatic heterocycles. The Morgan fingerprint density at radius 1 is 1.45 bits per heavy atom. The molecule has 20 heavy (non-hydrogen) atoms. The van der Waals surface area contributed by atoms with Gasteiger partial charge in [0.25, 0.3) is 10.0 Å². The molecule has 9 heteroatoms. The topological polar surface area (TPSA) is 71.1 Å². The van der Waals surface area contributed by atoms with Gasteiger partial charge in [0.15, 0.2) is 5.13 Å². The van der Waals surface area contributed by atoms with Gasteiger partial charge >= 0.3 is 0 Å². The lowest BCUT2D eigenvalue weighted by atomic mass is 10.2. The van der Waals surface area contributed by atoms with Gasteiger partial charge in [0.1, 0.15) is 4.90 Å². The summed E-state index contributed by atoms with van der Waals surface area (Å²) < 4.78 is 28.1. The van der Waals surface area contributed by atoms with Crippen molar-refractivity contribution in [2.24, 2.45) is 0 Å². The number of sulfonamides is 1. The van der Waals surface area contributed by atoms with E-state index in [9.17, 15) is 8.42 Å². The molecule has 0 radical (unpaired) electrons. The molecule has 1 aliphatic rings. The Morgan fingerprint density at radius 3 is 2.90 bits per heavy atom. The highest BCUT2D eigenvalue weighted by Gasteiger charge is 2.22. The summed E-state index contributed by atoms with van der Waals surface area (Å²) in [5.41, 5.74) is 0.995. The van der Waals surface area contributed by atoms with E-state index in [-0.39, 0.29) is 0 Å². The van der Waals surface area contributed by atoms with Crippen LogP contribution in [0.25, 0.3) is 0 Å². The van der Waals surface area contributed by atoms with Crippen LogP contribution < -0.4 is 10.0 Å². The third-order valence-electron chi connectivity index (χ3n) is 2.96. The number of aromatic nitrogens is 1. The zero-order chi connectivity index (χ0) is 14.3. The predicted molar refractivity (Wildman–Crippen MR) is 85.1 cm³/mol. The molecule has 3 rings (SSSR count). The maximum atomic E-state index is 12.4. The summed E-state index contributed by atoms with van der Waals surface area (Å²) in [5.74, 6) is 0. The largest absolute Gasteiger partial charge is 0.311 e. The molecule has 0 aliphatic carbocycles. The second kappa shape index (κ2) is 5.38. The summed E-state index contributed by atoms with van der Waals surface area (Å²) in [6.45, 7) is 3.44. The zero-order valence-electron chi connectivity index (χ0n) is 10.6. The van der Waals surface area contributed by atoms with Crippen molar-refractivity contribution in [3.05, 3.63) is 25.3 Å². The van der Waals surface area contributed by atoms with Crippen LogP contribution in [0.3, 0.4) is 0 Å². The second-order valence-electron chi connectivity index (χ2n) is 4.39. The van der Waals surface area contributed by atoms with Gasteiger partial charge in [0.05, 0.1) is 9.48 Å². The van der Waals surface area contributed by atoms with Crippen molar-refractivity contribution < 1.29 is 8.42 Å². The molecular weight excluding hydrogens is 382 g/mol. The average Bonchev–Trinajstić information content (AvgIpc) is 2.91. The molecule has 0 atom stereocenters. The van der Waals surface area contributed by atoms with E-state index in [1.165, 1.54) is 22.7 Å². The molecule has 1 aliphatic heterocycles. The number of nitrogens with zero attached hydrogens (tertiary/aromatic N) is 1. The molecule has 0 aromatic carbocycles. The number of rotatable bonds is 3. The number of anilines is 1. The van der Waals surface area contributed by atoms with Crippen molar-refractivity contribution >= 4 is 53.8 Å². The highest BCUT2D eigenvalue weighted by molar-refractivity contribution is 9.11. The van der Waals surface area contributed by atoms with E-state index in [2.05, 4.69) is 31.0 Å². The van der Waals surface area contributed by atoms with E-state index in [4.69, 9.17) is 0 Å². The smallest absolute Gasteiger partial charge is 0.264 e. The number of thiazole rings is 1. The number of thiophene rings is 1. The van der Waals surface area contributed by atoms with E-state index < -0.39 is 10.0 Å². The molecule has 2 N–H and O–H groups in total. The fourth-order valence-electron chi connectivity index (χ4n) is 2.04. The molecule has 0 bridgehead atoms. The van der Waals surface area contributed by atoms with E-state index in [0.29, 0.717) is 10.0 Å². The Balaban J connectivity index is 1.90. The Bertz CT molecular complexity index is 728. The van der Waals surface area contributed by atoms with Gasteiger partial charge in [-0.3, -0.25) is 4.72 Å². The summed E-state index contributed by atoms with van der Waals surface area (Å²) in [4.78, 5) is 6.55. The number of hydrogen-bond acceptors (Lipinski definition) is 6. The number of aryl methyl sites for hydroxylation is 1. The number of hydrogen-bond donors (Lipinski definition) is 2. The lowest BCUT2D eigenvalue weighted by Crippen LogP contribution is -2.22. The maximum absolute atomic E-state index is 12.4. The standard InChI is InChI=1S/C11H12BrN3O2S3/c1-6-9(4-10(12)18-6)20(16,17)15-11-14-7-2-3-13-5-8(7)19-11/h4,13H,2-3,5H2,1H3,(H,14,15). The van der Waals surface area contributed by atoms with Crippen LogP contribution in [0, 0.1) is 6.92 Å². The first-order chi connectivity index (χ1) is 9.45. The fraction of sp³-hybridized carbons (Fsp3) is 0.364. The monoisotopic (exact) mass is 393 g/mol. The van der Waals surface area contributed by atoms with Crippen molar-refractivity contribution in [2.75, 3.05) is 11.3 Å². The minimum Gasteiger partial charge on any atom is -0.311 e. The molecule has 2 aromatic rings. The summed E-state index contributed by atoms with van der Waals surface area (Å²) in [6, 6.07) is 1.62. The molecule has 0 saturated carbocycles. The molecule has 0 amide bonds. The Labute approximate surface area is 133 Å². The van der Waals surface area contributed by atoms with Crippen LogP contribution in [0.5, 0.6) is 0 Å². The lowest BCUT2D eigenvalue weighted by Gasteiger charge is -2.09. The maximum Gasteiger partial charge on any atom is 0.264 e. The summed E-state index contributed by atoms with van der Waals surface area (Å²) in [6.07, 6.45) is 0.844. The zero-order valence-corrected chi connectivity index (χ0v) is 14.6. The molecule has 5 nitrogen and oxygen atoms in total. The van der Waals surface area contributed by atoms with E-state index in [1.54, 1.807) is 13.0 Å². The minimum absolute atomic E-state index is 0.306. The van der Waals surface area contributed by atoms with Gasteiger partial charge in [-0.1, -0.05) is 11.3 Å². The van der Waals surface area contributed by atoms with Crippen LogP contribution in [-0.2, 0) is 23.0 Å². The first-order valence-corrected chi connectivity index (χ1v) is 9.84. The van der Waals surface area contributed by atoms with Crippen molar-refractivity contribution in [1.82, 2.24) is 10.3 Å². The Morgan fingerprint density at radius 2 is 2.25 bits per heavy atom. The molecule has 0 fully saturated rings. The van der Waals surface area contributed by atoms with Crippen LogP contribution in [0.4, 0.5) is 5.13 Å². The molecule has 108 valence electrons. The van der Waals surface area contributed by atoms with Gasteiger partial charge < -0.3 is 5.32 Å². The van der Waals surface area contributed by atoms with Crippen LogP contribution in [-0.4, -0.2) is 19.9 Å². The van der Waals surface area contributed by atoms with Crippen molar-refractivity contribution in [3.8, 4) is 0 Å². The molecule has 3 heterocycles. The predicted octanol–water partition coefficient (Wildman–Crippen LogP) is 2.72. The van der Waals surface area contributed by atoms with E-state index in [1.807, 2.05) is 0 Å².